The second kappa shape index (κ2) is 7.15. The van der Waals surface area contributed by atoms with E-state index in [0.29, 0.717) is 29.7 Å². The Hall–Kier alpha value is -1.85. The number of rotatable bonds is 5. The highest BCUT2D eigenvalue weighted by atomic mass is 35.5. The van der Waals surface area contributed by atoms with Crippen LogP contribution in [-0.4, -0.2) is 46.9 Å². The van der Waals surface area contributed by atoms with Crippen molar-refractivity contribution >= 4 is 17.5 Å². The van der Waals surface area contributed by atoms with Crippen LogP contribution in [-0.2, 0) is 4.74 Å². The molecule has 1 aromatic carbocycles. The predicted octanol–water partition coefficient (Wildman–Crippen LogP) is 3.02. The van der Waals surface area contributed by atoms with Crippen LogP contribution < -0.4 is 0 Å². The summed E-state index contributed by atoms with van der Waals surface area (Å²) in [5, 5.41) is 5.00. The zero-order valence-corrected chi connectivity index (χ0v) is 13.9. The minimum atomic E-state index is -0.0507. The Balaban J connectivity index is 1.75. The van der Waals surface area contributed by atoms with Crippen LogP contribution in [0.15, 0.2) is 36.5 Å². The molecule has 0 bridgehead atoms. The van der Waals surface area contributed by atoms with E-state index in [-0.39, 0.29) is 5.91 Å². The van der Waals surface area contributed by atoms with Crippen molar-refractivity contribution in [2.45, 2.75) is 13.3 Å². The molecule has 1 aliphatic rings. The zero-order chi connectivity index (χ0) is 16.2. The van der Waals surface area contributed by atoms with Gasteiger partial charge in [0.1, 0.15) is 0 Å². The molecule has 2 aromatic rings. The minimum absolute atomic E-state index is 0.0507. The number of hydrogen-bond acceptors (Lipinski definition) is 3. The lowest BCUT2D eigenvalue weighted by atomic mass is 10.1. The molecule has 122 valence electrons. The van der Waals surface area contributed by atoms with Crippen LogP contribution in [0.3, 0.4) is 0 Å². The summed E-state index contributed by atoms with van der Waals surface area (Å²) in [4.78, 5) is 14.5. The first kappa shape index (κ1) is 16.0. The van der Waals surface area contributed by atoms with Gasteiger partial charge in [-0.05, 0) is 31.5 Å². The quantitative estimate of drug-likeness (QED) is 0.845. The monoisotopic (exact) mass is 333 g/mol. The number of carbonyl (C=O) groups is 1. The number of carbonyl (C=O) groups excluding carboxylic acids is 1. The van der Waals surface area contributed by atoms with Gasteiger partial charge in [-0.25, -0.2) is 4.68 Å². The van der Waals surface area contributed by atoms with Gasteiger partial charge in [-0.1, -0.05) is 23.7 Å². The average Bonchev–Trinajstić information content (AvgIpc) is 3.24. The van der Waals surface area contributed by atoms with E-state index in [0.717, 1.165) is 25.3 Å². The molecule has 6 heteroatoms. The third-order valence-corrected chi connectivity index (χ3v) is 4.40. The maximum atomic E-state index is 12.7. The molecular weight excluding hydrogens is 314 g/mol. The van der Waals surface area contributed by atoms with E-state index in [1.165, 1.54) is 0 Å². The van der Waals surface area contributed by atoms with E-state index in [2.05, 4.69) is 5.10 Å². The molecule has 1 aromatic heterocycles. The van der Waals surface area contributed by atoms with Crippen molar-refractivity contribution in [1.29, 1.82) is 0 Å². The van der Waals surface area contributed by atoms with Crippen molar-refractivity contribution in [3.05, 3.63) is 47.2 Å². The smallest absolute Gasteiger partial charge is 0.274 e. The Morgan fingerprint density at radius 2 is 2.26 bits per heavy atom. The Morgan fingerprint density at radius 1 is 1.43 bits per heavy atom. The summed E-state index contributed by atoms with van der Waals surface area (Å²) in [5.74, 6) is 0.370. The van der Waals surface area contributed by atoms with Gasteiger partial charge in [-0.15, -0.1) is 0 Å². The second-order valence-electron chi connectivity index (χ2n) is 5.67. The van der Waals surface area contributed by atoms with Crippen molar-refractivity contribution in [2.75, 3.05) is 26.3 Å². The normalized spacial score (nSPS) is 17.4. The lowest BCUT2D eigenvalue weighted by molar-refractivity contribution is 0.0724. The second-order valence-corrected chi connectivity index (χ2v) is 6.08. The molecule has 1 amide bonds. The fraction of sp³-hybridized carbons (Fsp3) is 0.412. The molecule has 1 fully saturated rings. The van der Waals surface area contributed by atoms with E-state index in [9.17, 15) is 4.79 Å². The van der Waals surface area contributed by atoms with Gasteiger partial charge >= 0.3 is 0 Å². The fourth-order valence-electron chi connectivity index (χ4n) is 2.77. The number of amides is 1. The van der Waals surface area contributed by atoms with Crippen molar-refractivity contribution in [1.82, 2.24) is 14.7 Å². The number of ether oxygens (including phenoxy) is 1. The first-order chi connectivity index (χ1) is 11.2. The lowest BCUT2D eigenvalue weighted by Crippen LogP contribution is -2.35. The van der Waals surface area contributed by atoms with E-state index >= 15 is 0 Å². The molecule has 3 rings (SSSR count). The molecule has 1 unspecified atom stereocenters. The van der Waals surface area contributed by atoms with Gasteiger partial charge < -0.3 is 9.64 Å². The number of aromatic nitrogens is 2. The largest absolute Gasteiger partial charge is 0.381 e. The summed E-state index contributed by atoms with van der Waals surface area (Å²) in [7, 11) is 0. The molecule has 0 N–H and O–H groups in total. The third kappa shape index (κ3) is 3.57. The molecule has 0 saturated carbocycles. The van der Waals surface area contributed by atoms with Crippen molar-refractivity contribution in [3.8, 4) is 5.69 Å². The molecular formula is C17H20ClN3O2. The summed E-state index contributed by atoms with van der Waals surface area (Å²) >= 11 is 6.18. The van der Waals surface area contributed by atoms with E-state index in [1.54, 1.807) is 23.0 Å². The van der Waals surface area contributed by atoms with Gasteiger partial charge in [0.15, 0.2) is 5.69 Å². The van der Waals surface area contributed by atoms with Crippen molar-refractivity contribution in [3.63, 3.8) is 0 Å². The Kier molecular flexibility index (Phi) is 4.98. The van der Waals surface area contributed by atoms with Gasteiger partial charge in [0.05, 0.1) is 17.3 Å². The molecule has 0 radical (unpaired) electrons. The standard InChI is InChI=1S/C17H20ClN3O2/c1-2-20(11-13-8-10-23-12-13)17(22)15-7-9-21(19-15)16-6-4-3-5-14(16)18/h3-7,9,13H,2,8,10-12H2,1H3. The Labute approximate surface area is 140 Å². The molecule has 1 atom stereocenters. The van der Waals surface area contributed by atoms with E-state index in [4.69, 9.17) is 16.3 Å². The summed E-state index contributed by atoms with van der Waals surface area (Å²) in [5.41, 5.74) is 1.20. The highest BCUT2D eigenvalue weighted by molar-refractivity contribution is 6.32. The Morgan fingerprint density at radius 3 is 2.96 bits per heavy atom. The van der Waals surface area contributed by atoms with Gasteiger partial charge in [0.25, 0.3) is 5.91 Å². The number of nitrogens with zero attached hydrogens (tertiary/aromatic N) is 3. The van der Waals surface area contributed by atoms with E-state index in [1.807, 2.05) is 30.0 Å². The molecule has 0 spiro atoms. The van der Waals surface area contributed by atoms with Gasteiger partial charge in [-0.3, -0.25) is 4.79 Å². The summed E-state index contributed by atoms with van der Waals surface area (Å²) in [6, 6.07) is 9.17. The van der Waals surface area contributed by atoms with Crippen molar-refractivity contribution < 1.29 is 9.53 Å². The van der Waals surface area contributed by atoms with E-state index < -0.39 is 0 Å². The minimum Gasteiger partial charge on any atom is -0.381 e. The molecule has 0 aliphatic carbocycles. The zero-order valence-electron chi connectivity index (χ0n) is 13.1. The summed E-state index contributed by atoms with van der Waals surface area (Å²) in [6.45, 7) is 4.89. The third-order valence-electron chi connectivity index (χ3n) is 4.08. The topological polar surface area (TPSA) is 47.4 Å². The number of halogens is 1. The molecule has 5 nitrogen and oxygen atoms in total. The SMILES string of the molecule is CCN(CC1CCOC1)C(=O)c1ccn(-c2ccccc2Cl)n1. The maximum Gasteiger partial charge on any atom is 0.274 e. The van der Waals surface area contributed by atoms with Crippen LogP contribution in [0.25, 0.3) is 5.69 Å². The number of para-hydroxylation sites is 1. The molecule has 1 aliphatic heterocycles. The maximum absolute atomic E-state index is 12.7. The Bertz CT molecular complexity index is 680. The van der Waals surface area contributed by atoms with Gasteiger partial charge in [0, 0.05) is 31.8 Å². The van der Waals surface area contributed by atoms with Crippen LogP contribution in [0.4, 0.5) is 0 Å². The first-order valence-corrected chi connectivity index (χ1v) is 8.24. The fourth-order valence-corrected chi connectivity index (χ4v) is 2.99. The molecule has 1 saturated heterocycles. The predicted molar refractivity (Wildman–Crippen MR) is 89.1 cm³/mol. The highest BCUT2D eigenvalue weighted by Crippen LogP contribution is 2.20. The number of hydrogen-bond donors (Lipinski definition) is 0. The average molecular weight is 334 g/mol. The molecule has 2 heterocycles. The van der Waals surface area contributed by atoms with Crippen LogP contribution in [0.1, 0.15) is 23.8 Å². The van der Waals surface area contributed by atoms with Gasteiger partial charge in [-0.2, -0.15) is 5.10 Å². The van der Waals surface area contributed by atoms with Crippen molar-refractivity contribution in [2.24, 2.45) is 5.92 Å². The van der Waals surface area contributed by atoms with Crippen LogP contribution >= 0.6 is 11.6 Å². The summed E-state index contributed by atoms with van der Waals surface area (Å²) < 4.78 is 7.03. The van der Waals surface area contributed by atoms with Crippen LogP contribution in [0.5, 0.6) is 0 Å². The van der Waals surface area contributed by atoms with Crippen LogP contribution in [0, 0.1) is 5.92 Å². The van der Waals surface area contributed by atoms with Crippen LogP contribution in [0.2, 0.25) is 5.02 Å². The highest BCUT2D eigenvalue weighted by Gasteiger charge is 2.23. The lowest BCUT2D eigenvalue weighted by Gasteiger charge is -2.22. The molecule has 23 heavy (non-hydrogen) atoms. The number of benzene rings is 1. The first-order valence-electron chi connectivity index (χ1n) is 7.86. The van der Waals surface area contributed by atoms with Gasteiger partial charge in [0.2, 0.25) is 0 Å². The summed E-state index contributed by atoms with van der Waals surface area (Å²) in [6.07, 6.45) is 2.78.